The number of Topliss-reactive ketones (excluding diaryl/α,β-unsaturated/α-hetero) is 1. The summed E-state index contributed by atoms with van der Waals surface area (Å²) >= 11 is 7.45. The molecule has 1 unspecified atom stereocenters. The average molecular weight is 454 g/mol. The molecule has 7 heteroatoms. The zero-order chi connectivity index (χ0) is 22.1. The van der Waals surface area contributed by atoms with Gasteiger partial charge in [-0.3, -0.25) is 14.5 Å². The summed E-state index contributed by atoms with van der Waals surface area (Å²) in [7, 11) is 0. The maximum absolute atomic E-state index is 13.1. The maximum Gasteiger partial charge on any atom is 0.300 e. The maximum atomic E-state index is 13.1. The molecule has 0 spiro atoms. The lowest BCUT2D eigenvalue weighted by molar-refractivity contribution is -0.132. The van der Waals surface area contributed by atoms with Gasteiger partial charge in [0.25, 0.3) is 11.7 Å². The Morgan fingerprint density at radius 2 is 1.77 bits per heavy atom. The van der Waals surface area contributed by atoms with Crippen LogP contribution in [0.25, 0.3) is 5.76 Å². The molecular weight excluding hydrogens is 434 g/mol. The van der Waals surface area contributed by atoms with Gasteiger partial charge in [0.05, 0.1) is 12.2 Å². The SMILES string of the molecule is CCOc1ccc(/C(O)=C2/C(=O)C(=O)N(c3ccc(Cl)cc3)C2c2sccc2C)cc1. The molecule has 0 saturated carbocycles. The van der Waals surface area contributed by atoms with E-state index in [2.05, 4.69) is 0 Å². The number of halogens is 1. The van der Waals surface area contributed by atoms with Gasteiger partial charge in [-0.05, 0) is 79.4 Å². The van der Waals surface area contributed by atoms with Crippen molar-refractivity contribution in [1.82, 2.24) is 0 Å². The quantitative estimate of drug-likeness (QED) is 0.304. The third-order valence-corrected chi connectivity index (χ3v) is 6.46. The molecule has 1 amide bonds. The van der Waals surface area contributed by atoms with Gasteiger partial charge in [-0.1, -0.05) is 11.6 Å². The van der Waals surface area contributed by atoms with E-state index < -0.39 is 17.7 Å². The van der Waals surface area contributed by atoms with Crippen molar-refractivity contribution in [1.29, 1.82) is 0 Å². The number of hydrogen-bond acceptors (Lipinski definition) is 5. The molecule has 4 rings (SSSR count). The van der Waals surface area contributed by atoms with Crippen LogP contribution in [-0.4, -0.2) is 23.4 Å². The summed E-state index contributed by atoms with van der Waals surface area (Å²) in [5.41, 5.74) is 1.98. The van der Waals surface area contributed by atoms with E-state index in [0.29, 0.717) is 28.6 Å². The number of aliphatic hydroxyl groups is 1. The topological polar surface area (TPSA) is 66.8 Å². The van der Waals surface area contributed by atoms with Gasteiger partial charge in [-0.2, -0.15) is 0 Å². The molecule has 1 aromatic heterocycles. The second kappa shape index (κ2) is 8.57. The van der Waals surface area contributed by atoms with E-state index in [-0.39, 0.29) is 11.3 Å². The molecule has 3 aromatic rings. The second-order valence-electron chi connectivity index (χ2n) is 7.07. The van der Waals surface area contributed by atoms with Crippen molar-refractivity contribution >= 4 is 46.1 Å². The first-order valence-corrected chi connectivity index (χ1v) is 11.0. The summed E-state index contributed by atoms with van der Waals surface area (Å²) in [6, 6.07) is 14.7. The minimum Gasteiger partial charge on any atom is -0.507 e. The number of aryl methyl sites for hydroxylation is 1. The number of benzene rings is 2. The summed E-state index contributed by atoms with van der Waals surface area (Å²) < 4.78 is 5.45. The van der Waals surface area contributed by atoms with Crippen molar-refractivity contribution in [2.45, 2.75) is 19.9 Å². The Labute approximate surface area is 189 Å². The standard InChI is InChI=1S/C24H20ClNO4S/c1-3-30-18-10-4-15(5-11-18)21(27)19-20(23-14(2)12-13-31-23)26(24(29)22(19)28)17-8-6-16(25)7-9-17/h4-13,20,27H,3H2,1-2H3/b21-19-. The smallest absolute Gasteiger partial charge is 0.300 e. The highest BCUT2D eigenvalue weighted by Gasteiger charge is 2.47. The highest BCUT2D eigenvalue weighted by molar-refractivity contribution is 7.10. The Bertz CT molecular complexity index is 1170. The molecule has 1 aliphatic heterocycles. The number of rotatable bonds is 5. The summed E-state index contributed by atoms with van der Waals surface area (Å²) in [6.07, 6.45) is 0. The number of thiophene rings is 1. The van der Waals surface area contributed by atoms with E-state index in [1.54, 1.807) is 48.5 Å². The summed E-state index contributed by atoms with van der Waals surface area (Å²) in [5.74, 6) is -0.964. The number of carbonyl (C=O) groups is 2. The van der Waals surface area contributed by atoms with Gasteiger partial charge in [0, 0.05) is 21.2 Å². The summed E-state index contributed by atoms with van der Waals surface area (Å²) in [4.78, 5) is 28.4. The largest absolute Gasteiger partial charge is 0.507 e. The van der Waals surface area contributed by atoms with Gasteiger partial charge in [0.15, 0.2) is 0 Å². The van der Waals surface area contributed by atoms with Crippen LogP contribution < -0.4 is 9.64 Å². The molecule has 1 aliphatic rings. The van der Waals surface area contributed by atoms with E-state index in [1.165, 1.54) is 16.2 Å². The van der Waals surface area contributed by atoms with Gasteiger partial charge >= 0.3 is 0 Å². The second-order valence-corrected chi connectivity index (χ2v) is 8.45. The zero-order valence-electron chi connectivity index (χ0n) is 17.0. The molecule has 5 nitrogen and oxygen atoms in total. The fraction of sp³-hybridized carbons (Fsp3) is 0.167. The van der Waals surface area contributed by atoms with E-state index in [9.17, 15) is 14.7 Å². The summed E-state index contributed by atoms with van der Waals surface area (Å²) in [5, 5.41) is 13.6. The number of ketones is 1. The van der Waals surface area contributed by atoms with E-state index in [0.717, 1.165) is 10.4 Å². The lowest BCUT2D eigenvalue weighted by Crippen LogP contribution is -2.29. The van der Waals surface area contributed by atoms with Crippen molar-refractivity contribution in [3.05, 3.63) is 86.6 Å². The van der Waals surface area contributed by atoms with Crippen LogP contribution in [0.15, 0.2) is 65.6 Å². The van der Waals surface area contributed by atoms with Gasteiger partial charge in [-0.15, -0.1) is 11.3 Å². The highest BCUT2D eigenvalue weighted by Crippen LogP contribution is 2.45. The Hall–Kier alpha value is -3.09. The third kappa shape index (κ3) is 3.84. The number of ether oxygens (including phenoxy) is 1. The molecule has 2 heterocycles. The van der Waals surface area contributed by atoms with Crippen LogP contribution in [0.5, 0.6) is 5.75 Å². The monoisotopic (exact) mass is 453 g/mol. The predicted octanol–water partition coefficient (Wildman–Crippen LogP) is 5.73. The van der Waals surface area contributed by atoms with Crippen molar-refractivity contribution in [2.24, 2.45) is 0 Å². The Morgan fingerprint density at radius 1 is 1.10 bits per heavy atom. The van der Waals surface area contributed by atoms with Gasteiger partial charge < -0.3 is 9.84 Å². The number of aliphatic hydroxyl groups excluding tert-OH is 1. The van der Waals surface area contributed by atoms with Crippen LogP contribution in [0, 0.1) is 6.92 Å². The molecule has 1 saturated heterocycles. The van der Waals surface area contributed by atoms with E-state index in [4.69, 9.17) is 16.3 Å². The molecule has 0 bridgehead atoms. The summed E-state index contributed by atoms with van der Waals surface area (Å²) in [6.45, 7) is 4.33. The fourth-order valence-corrected chi connectivity index (χ4v) is 4.80. The molecule has 158 valence electrons. The van der Waals surface area contributed by atoms with Crippen molar-refractivity contribution in [3.8, 4) is 5.75 Å². The van der Waals surface area contributed by atoms with Crippen molar-refractivity contribution in [2.75, 3.05) is 11.5 Å². The Morgan fingerprint density at radius 3 is 2.35 bits per heavy atom. The molecular formula is C24H20ClNO4S. The zero-order valence-corrected chi connectivity index (χ0v) is 18.5. The van der Waals surface area contributed by atoms with Crippen LogP contribution in [0.3, 0.4) is 0 Å². The highest BCUT2D eigenvalue weighted by atomic mass is 35.5. The minimum absolute atomic E-state index is 0.0645. The number of amides is 1. The van der Waals surface area contributed by atoms with Crippen LogP contribution in [-0.2, 0) is 9.59 Å². The molecule has 1 N–H and O–H groups in total. The molecule has 31 heavy (non-hydrogen) atoms. The lowest BCUT2D eigenvalue weighted by atomic mass is 9.98. The van der Waals surface area contributed by atoms with Crippen LogP contribution in [0.2, 0.25) is 5.02 Å². The first kappa shape index (κ1) is 21.2. The minimum atomic E-state index is -0.729. The fourth-order valence-electron chi connectivity index (χ4n) is 3.64. The van der Waals surface area contributed by atoms with E-state index in [1.807, 2.05) is 25.3 Å². The van der Waals surface area contributed by atoms with E-state index >= 15 is 0 Å². The Kier molecular flexibility index (Phi) is 5.85. The van der Waals surface area contributed by atoms with Crippen molar-refractivity contribution in [3.63, 3.8) is 0 Å². The molecule has 0 radical (unpaired) electrons. The molecule has 0 aliphatic carbocycles. The number of hydrogen-bond donors (Lipinski definition) is 1. The molecule has 2 aromatic carbocycles. The van der Waals surface area contributed by atoms with Gasteiger partial charge in [0.1, 0.15) is 17.6 Å². The normalized spacial score (nSPS) is 17.9. The third-order valence-electron chi connectivity index (χ3n) is 5.14. The number of carbonyl (C=O) groups excluding carboxylic acids is 2. The lowest BCUT2D eigenvalue weighted by Gasteiger charge is -2.25. The Balaban J connectivity index is 1.88. The van der Waals surface area contributed by atoms with Crippen LogP contribution >= 0.6 is 22.9 Å². The number of nitrogens with zero attached hydrogens (tertiary/aromatic N) is 1. The first-order valence-electron chi connectivity index (χ1n) is 9.76. The predicted molar refractivity (Wildman–Crippen MR) is 123 cm³/mol. The van der Waals surface area contributed by atoms with Crippen LogP contribution in [0.1, 0.15) is 29.0 Å². The van der Waals surface area contributed by atoms with Gasteiger partial charge in [-0.25, -0.2) is 0 Å². The van der Waals surface area contributed by atoms with Crippen LogP contribution in [0.4, 0.5) is 5.69 Å². The molecule has 1 atom stereocenters. The average Bonchev–Trinajstić information content (AvgIpc) is 3.30. The van der Waals surface area contributed by atoms with Crippen molar-refractivity contribution < 1.29 is 19.4 Å². The molecule has 1 fully saturated rings. The number of anilines is 1. The first-order chi connectivity index (χ1) is 14.9. The van der Waals surface area contributed by atoms with Gasteiger partial charge in [0.2, 0.25) is 0 Å².